The number of rotatable bonds is 9. The Bertz CT molecular complexity index is 2500. The van der Waals surface area contributed by atoms with Crippen LogP contribution in [0, 0.1) is 5.92 Å². The molecule has 1 unspecified atom stereocenters. The summed E-state index contributed by atoms with van der Waals surface area (Å²) in [5, 5.41) is 11.0. The zero-order chi connectivity index (χ0) is 41.7. The zero-order valence-corrected chi connectivity index (χ0v) is 33.6. The van der Waals surface area contributed by atoms with Crippen LogP contribution in [0.5, 0.6) is 5.75 Å². The summed E-state index contributed by atoms with van der Waals surface area (Å²) >= 11 is 6.69. The molecule has 1 atom stereocenters. The summed E-state index contributed by atoms with van der Waals surface area (Å²) in [4.78, 5) is 59.3. The highest BCUT2D eigenvalue weighted by Gasteiger charge is 2.35. The predicted octanol–water partition coefficient (Wildman–Crippen LogP) is 6.33. The fourth-order valence-electron chi connectivity index (χ4n) is 9.06. The number of hydrogen-bond donors (Lipinski definition) is 2. The summed E-state index contributed by atoms with van der Waals surface area (Å²) in [5.74, 6) is -0.767. The molecule has 5 heterocycles. The van der Waals surface area contributed by atoms with Gasteiger partial charge < -0.3 is 19.9 Å². The first-order valence-corrected chi connectivity index (χ1v) is 20.2. The maximum absolute atomic E-state index is 13.5. The predicted molar refractivity (Wildman–Crippen MR) is 216 cm³/mol. The number of carbonyl (C=O) groups excluding carboxylic acids is 3. The number of amides is 3. The molecule has 2 N–H and O–H groups in total. The maximum Gasteiger partial charge on any atom is 0.433 e. The number of ether oxygens (including phenoxy) is 1. The first-order valence-electron chi connectivity index (χ1n) is 19.8. The van der Waals surface area contributed by atoms with Crippen LogP contribution in [0.25, 0.3) is 21.9 Å². The van der Waals surface area contributed by atoms with Crippen LogP contribution >= 0.6 is 11.6 Å². The molecule has 8 rings (SSSR count). The first kappa shape index (κ1) is 40.4. The second-order valence-corrected chi connectivity index (χ2v) is 16.3. The Morgan fingerprint density at radius 3 is 2.46 bits per heavy atom. The Labute approximate surface area is 342 Å². The Morgan fingerprint density at radius 2 is 1.76 bits per heavy atom. The molecule has 59 heavy (non-hydrogen) atoms. The summed E-state index contributed by atoms with van der Waals surface area (Å²) in [5.41, 5.74) is 1.21. The van der Waals surface area contributed by atoms with Crippen LogP contribution in [0.3, 0.4) is 0 Å². The second-order valence-electron chi connectivity index (χ2n) is 15.9. The van der Waals surface area contributed by atoms with Crippen molar-refractivity contribution in [2.24, 2.45) is 13.0 Å². The Balaban J connectivity index is 0.874. The minimum atomic E-state index is -4.67. The lowest BCUT2D eigenvalue weighted by Crippen LogP contribution is -2.45. The number of aryl methyl sites for hydroxylation is 1. The van der Waals surface area contributed by atoms with Gasteiger partial charge in [-0.2, -0.15) is 18.3 Å². The molecule has 5 aromatic rings. The molecular weight excluding hydrogens is 791 g/mol. The molecular formula is C41H45ClF3N9O5. The van der Waals surface area contributed by atoms with Crippen LogP contribution in [-0.4, -0.2) is 86.4 Å². The van der Waals surface area contributed by atoms with Gasteiger partial charge in [0.05, 0.1) is 46.1 Å². The molecule has 0 bridgehead atoms. The molecule has 2 aliphatic heterocycles. The highest BCUT2D eigenvalue weighted by molar-refractivity contribution is 6.35. The van der Waals surface area contributed by atoms with E-state index < -0.39 is 29.7 Å². The first-order chi connectivity index (χ1) is 28.2. The SMILES string of the molecule is COc1cc2nn(C3CCC(CN(C)C4CCN(c5ccc(Cl)c6c5n(C)c(=O)n6C5CCC(=O)NC5=O)CC4)CC3)cc2cc1NC(=O)c1cccc(C(F)(F)F)n1. The van der Waals surface area contributed by atoms with Crippen LogP contribution in [0.1, 0.15) is 79.6 Å². The van der Waals surface area contributed by atoms with Crippen molar-refractivity contribution in [2.75, 3.05) is 44.0 Å². The molecule has 14 nitrogen and oxygen atoms in total. The van der Waals surface area contributed by atoms with Crippen LogP contribution < -0.4 is 26.0 Å². The van der Waals surface area contributed by atoms with Gasteiger partial charge in [-0.1, -0.05) is 17.7 Å². The number of benzene rings is 2. The number of nitrogens with zero attached hydrogens (tertiary/aromatic N) is 7. The number of pyridine rings is 1. The van der Waals surface area contributed by atoms with Crippen molar-refractivity contribution in [3.8, 4) is 5.75 Å². The van der Waals surface area contributed by atoms with Crippen LogP contribution in [0.2, 0.25) is 5.02 Å². The van der Waals surface area contributed by atoms with E-state index in [1.165, 1.54) is 17.7 Å². The number of halogens is 4. The third kappa shape index (κ3) is 7.89. The van der Waals surface area contributed by atoms with Gasteiger partial charge in [-0.05, 0) is 88.2 Å². The Morgan fingerprint density at radius 1 is 1.02 bits per heavy atom. The summed E-state index contributed by atoms with van der Waals surface area (Å²) in [6, 6.07) is 10.1. The van der Waals surface area contributed by atoms with Crippen molar-refractivity contribution in [1.82, 2.24) is 34.1 Å². The van der Waals surface area contributed by atoms with E-state index in [-0.39, 0.29) is 36.2 Å². The van der Waals surface area contributed by atoms with Gasteiger partial charge in [-0.25, -0.2) is 9.78 Å². The van der Waals surface area contributed by atoms with Gasteiger partial charge in [0, 0.05) is 56.8 Å². The number of carbonyl (C=O) groups is 3. The largest absolute Gasteiger partial charge is 0.494 e. The van der Waals surface area contributed by atoms with Crippen molar-refractivity contribution in [3.63, 3.8) is 0 Å². The molecule has 2 aromatic carbocycles. The van der Waals surface area contributed by atoms with Crippen LogP contribution in [0.4, 0.5) is 24.5 Å². The number of imide groups is 1. The molecule has 2 saturated heterocycles. The number of piperidine rings is 2. The van der Waals surface area contributed by atoms with E-state index in [2.05, 4.69) is 32.5 Å². The van der Waals surface area contributed by atoms with Gasteiger partial charge in [0.15, 0.2) is 0 Å². The van der Waals surface area contributed by atoms with E-state index >= 15 is 0 Å². The molecule has 3 aliphatic rings. The van der Waals surface area contributed by atoms with E-state index in [9.17, 15) is 32.3 Å². The lowest BCUT2D eigenvalue weighted by Gasteiger charge is -2.40. The normalized spacial score (nSPS) is 20.7. The van der Waals surface area contributed by atoms with Crippen molar-refractivity contribution in [2.45, 2.75) is 75.7 Å². The van der Waals surface area contributed by atoms with Crippen molar-refractivity contribution >= 4 is 62.6 Å². The van der Waals surface area contributed by atoms with Crippen molar-refractivity contribution in [3.05, 3.63) is 75.6 Å². The lowest BCUT2D eigenvalue weighted by molar-refractivity contribution is -0.141. The summed E-state index contributed by atoms with van der Waals surface area (Å²) in [7, 11) is 5.34. The molecule has 0 radical (unpaired) electrons. The minimum Gasteiger partial charge on any atom is -0.494 e. The smallest absolute Gasteiger partial charge is 0.433 e. The number of aromatic nitrogens is 5. The van der Waals surface area contributed by atoms with Gasteiger partial charge in [-0.3, -0.25) is 33.5 Å². The zero-order valence-electron chi connectivity index (χ0n) is 32.9. The van der Waals surface area contributed by atoms with Gasteiger partial charge in [0.2, 0.25) is 11.8 Å². The van der Waals surface area contributed by atoms with E-state index in [4.69, 9.17) is 21.4 Å². The highest BCUT2D eigenvalue weighted by Crippen LogP contribution is 2.38. The van der Waals surface area contributed by atoms with Crippen LogP contribution in [-0.2, 0) is 22.8 Å². The Kier molecular flexibility index (Phi) is 10.9. The number of methoxy groups -OCH3 is 1. The third-order valence-electron chi connectivity index (χ3n) is 12.2. The molecule has 3 aromatic heterocycles. The fourth-order valence-corrected chi connectivity index (χ4v) is 9.30. The average molecular weight is 836 g/mol. The van der Waals surface area contributed by atoms with E-state index in [0.717, 1.165) is 81.4 Å². The fraction of sp³-hybridized carbons (Fsp3) is 0.463. The third-order valence-corrected chi connectivity index (χ3v) is 12.5. The quantitative estimate of drug-likeness (QED) is 0.163. The van der Waals surface area contributed by atoms with E-state index in [0.29, 0.717) is 45.0 Å². The van der Waals surface area contributed by atoms with E-state index in [1.807, 2.05) is 16.9 Å². The summed E-state index contributed by atoms with van der Waals surface area (Å²) < 4.78 is 50.0. The number of hydrogen-bond acceptors (Lipinski definition) is 9. The van der Waals surface area contributed by atoms with Crippen molar-refractivity contribution in [1.29, 1.82) is 0 Å². The monoisotopic (exact) mass is 835 g/mol. The number of anilines is 2. The highest BCUT2D eigenvalue weighted by atomic mass is 35.5. The molecule has 312 valence electrons. The van der Waals surface area contributed by atoms with Crippen LogP contribution in [0.15, 0.2) is 53.5 Å². The minimum absolute atomic E-state index is 0.153. The second kappa shape index (κ2) is 16.0. The maximum atomic E-state index is 13.5. The van der Waals surface area contributed by atoms with Crippen molar-refractivity contribution < 1.29 is 32.3 Å². The molecule has 1 aliphatic carbocycles. The Hall–Kier alpha value is -5.42. The topological polar surface area (TPSA) is 149 Å². The van der Waals surface area contributed by atoms with Gasteiger partial charge in [-0.15, -0.1) is 0 Å². The number of imidazole rings is 1. The molecule has 3 amide bonds. The summed E-state index contributed by atoms with van der Waals surface area (Å²) in [6.07, 6.45) is 3.54. The molecule has 0 spiro atoms. The molecule has 3 fully saturated rings. The molecule has 1 saturated carbocycles. The lowest BCUT2D eigenvalue weighted by atomic mass is 9.85. The number of alkyl halides is 3. The molecule has 18 heteroatoms. The number of fused-ring (bicyclic) bond motifs is 2. The average Bonchev–Trinajstić information content (AvgIpc) is 3.75. The summed E-state index contributed by atoms with van der Waals surface area (Å²) in [6.45, 7) is 2.57. The van der Waals surface area contributed by atoms with E-state index in [1.54, 1.807) is 29.8 Å². The van der Waals surface area contributed by atoms with Gasteiger partial charge in [0.25, 0.3) is 5.91 Å². The van der Waals surface area contributed by atoms with Gasteiger partial charge in [0.1, 0.15) is 23.2 Å². The standard InChI is InChI=1S/C41H45ClF3N9O5/c1-50(25-15-17-52(18-16-25)31-12-11-27(42)36-37(31)51(2)40(58)54(36)32-13-14-35(55)48-39(32)57)21-23-7-9-26(10-8-23)53-22-24-19-30(33(59-3)20-29(24)49-53)47-38(56)28-5-4-6-34(46-28)41(43,44)45/h4-6,11-12,19-20,22-23,25-26,32H,7-10,13-18,21H2,1-3H3,(H,47,56)(H,48,55,57). The number of nitrogens with one attached hydrogen (secondary N) is 2. The van der Waals surface area contributed by atoms with Gasteiger partial charge >= 0.3 is 11.9 Å².